The minimum absolute atomic E-state index is 0.0358. The number of para-hydroxylation sites is 1. The van der Waals surface area contributed by atoms with Crippen LogP contribution in [-0.2, 0) is 11.3 Å². The zero-order valence-electron chi connectivity index (χ0n) is 11.3. The van der Waals surface area contributed by atoms with Crippen molar-refractivity contribution in [2.75, 3.05) is 5.75 Å². The number of hydrogen-bond donors (Lipinski definition) is 1. The lowest BCUT2D eigenvalue weighted by atomic mass is 10.2. The third-order valence-corrected chi connectivity index (χ3v) is 3.89. The molecule has 2 heterocycles. The van der Waals surface area contributed by atoms with Crippen LogP contribution in [0.5, 0.6) is 0 Å². The standard InChI is InChI=1S/C16H14N2O2S/c19-15(17-10-13-5-3-9-20-13)11-21-16-8-7-12-4-1-2-6-14(12)18-16/h1-9H,10-11H2,(H,17,19). The first-order chi connectivity index (χ1) is 10.3. The Kier molecular flexibility index (Phi) is 4.21. The van der Waals surface area contributed by atoms with Gasteiger partial charge in [0.05, 0.1) is 29.1 Å². The van der Waals surface area contributed by atoms with Gasteiger partial charge in [-0.25, -0.2) is 4.98 Å². The molecule has 0 aliphatic rings. The van der Waals surface area contributed by atoms with Gasteiger partial charge in [0.25, 0.3) is 0 Å². The van der Waals surface area contributed by atoms with E-state index in [0.717, 1.165) is 21.7 Å². The van der Waals surface area contributed by atoms with Crippen molar-refractivity contribution in [1.29, 1.82) is 0 Å². The van der Waals surface area contributed by atoms with Gasteiger partial charge in [0, 0.05) is 5.39 Å². The Bertz CT molecular complexity index is 741. The summed E-state index contributed by atoms with van der Waals surface area (Å²) in [4.78, 5) is 16.3. The van der Waals surface area contributed by atoms with Gasteiger partial charge in [-0.15, -0.1) is 0 Å². The lowest BCUT2D eigenvalue weighted by molar-refractivity contribution is -0.118. The fraction of sp³-hybridized carbons (Fsp3) is 0.125. The SMILES string of the molecule is O=C(CSc1ccc2ccccc2n1)NCc1ccco1. The topological polar surface area (TPSA) is 55.1 Å². The average Bonchev–Trinajstić information content (AvgIpc) is 3.04. The molecule has 0 saturated heterocycles. The molecule has 3 rings (SSSR count). The predicted octanol–water partition coefficient (Wildman–Crippen LogP) is 3.24. The van der Waals surface area contributed by atoms with E-state index in [4.69, 9.17) is 4.42 Å². The Labute approximate surface area is 126 Å². The molecule has 0 fully saturated rings. The number of nitrogens with one attached hydrogen (secondary N) is 1. The molecule has 1 N–H and O–H groups in total. The van der Waals surface area contributed by atoms with E-state index in [2.05, 4.69) is 10.3 Å². The minimum atomic E-state index is -0.0358. The predicted molar refractivity (Wildman–Crippen MR) is 83.0 cm³/mol. The Balaban J connectivity index is 1.54. The van der Waals surface area contributed by atoms with Gasteiger partial charge in [-0.3, -0.25) is 4.79 Å². The van der Waals surface area contributed by atoms with E-state index in [9.17, 15) is 4.79 Å². The fourth-order valence-electron chi connectivity index (χ4n) is 1.92. The van der Waals surface area contributed by atoms with Crippen LogP contribution < -0.4 is 5.32 Å². The molecule has 0 aliphatic heterocycles. The molecule has 2 aromatic heterocycles. The Morgan fingerprint density at radius 1 is 1.14 bits per heavy atom. The number of aromatic nitrogens is 1. The van der Waals surface area contributed by atoms with Crippen molar-refractivity contribution in [1.82, 2.24) is 10.3 Å². The number of furan rings is 1. The van der Waals surface area contributed by atoms with Gasteiger partial charge >= 0.3 is 0 Å². The second-order valence-electron chi connectivity index (χ2n) is 4.49. The Morgan fingerprint density at radius 2 is 2.05 bits per heavy atom. The smallest absolute Gasteiger partial charge is 0.230 e. The van der Waals surface area contributed by atoms with Crippen molar-refractivity contribution >= 4 is 28.6 Å². The second kappa shape index (κ2) is 6.45. The number of benzene rings is 1. The summed E-state index contributed by atoms with van der Waals surface area (Å²) in [5, 5.41) is 4.76. The van der Waals surface area contributed by atoms with Gasteiger partial charge in [-0.2, -0.15) is 0 Å². The van der Waals surface area contributed by atoms with Crippen molar-refractivity contribution in [2.24, 2.45) is 0 Å². The molecule has 0 saturated carbocycles. The summed E-state index contributed by atoms with van der Waals surface area (Å²) in [5.41, 5.74) is 0.943. The number of fused-ring (bicyclic) bond motifs is 1. The highest BCUT2D eigenvalue weighted by Crippen LogP contribution is 2.19. The molecule has 0 spiro atoms. The summed E-state index contributed by atoms with van der Waals surface area (Å²) in [5.74, 6) is 1.05. The molecule has 0 bridgehead atoms. The first kappa shape index (κ1) is 13.7. The lowest BCUT2D eigenvalue weighted by Gasteiger charge is -2.04. The number of pyridine rings is 1. The van der Waals surface area contributed by atoms with Crippen molar-refractivity contribution in [2.45, 2.75) is 11.6 Å². The summed E-state index contributed by atoms with van der Waals surface area (Å²) in [6, 6.07) is 15.5. The molecule has 0 radical (unpaired) electrons. The van der Waals surface area contributed by atoms with Gasteiger partial charge in [0.2, 0.25) is 5.91 Å². The van der Waals surface area contributed by atoms with Crippen LogP contribution in [0.15, 0.2) is 64.2 Å². The largest absolute Gasteiger partial charge is 0.467 e. The summed E-state index contributed by atoms with van der Waals surface area (Å²) < 4.78 is 5.16. The number of thioether (sulfide) groups is 1. The maximum absolute atomic E-state index is 11.8. The molecule has 21 heavy (non-hydrogen) atoms. The maximum Gasteiger partial charge on any atom is 0.230 e. The molecule has 1 amide bonds. The molecular formula is C16H14N2O2S. The van der Waals surface area contributed by atoms with Gasteiger partial charge in [-0.05, 0) is 24.3 Å². The van der Waals surface area contributed by atoms with Crippen LogP contribution in [0.25, 0.3) is 10.9 Å². The number of carbonyl (C=O) groups excluding carboxylic acids is 1. The highest BCUT2D eigenvalue weighted by Gasteiger charge is 2.05. The summed E-state index contributed by atoms with van der Waals surface area (Å²) in [6.07, 6.45) is 1.59. The van der Waals surface area contributed by atoms with Crippen molar-refractivity contribution < 1.29 is 9.21 Å². The summed E-state index contributed by atoms with van der Waals surface area (Å²) >= 11 is 1.43. The molecule has 0 unspecified atom stereocenters. The third-order valence-electron chi connectivity index (χ3n) is 2.96. The van der Waals surface area contributed by atoms with E-state index in [1.807, 2.05) is 42.5 Å². The van der Waals surface area contributed by atoms with E-state index in [-0.39, 0.29) is 5.91 Å². The average molecular weight is 298 g/mol. The van der Waals surface area contributed by atoms with Gasteiger partial charge in [0.15, 0.2) is 0 Å². The summed E-state index contributed by atoms with van der Waals surface area (Å²) in [6.45, 7) is 0.414. The van der Waals surface area contributed by atoms with Crippen LogP contribution in [-0.4, -0.2) is 16.6 Å². The van der Waals surface area contributed by atoms with E-state index in [1.165, 1.54) is 11.8 Å². The number of nitrogens with zero attached hydrogens (tertiary/aromatic N) is 1. The molecular weight excluding hydrogens is 284 g/mol. The van der Waals surface area contributed by atoms with Gasteiger partial charge < -0.3 is 9.73 Å². The number of rotatable bonds is 5. The Morgan fingerprint density at radius 3 is 2.90 bits per heavy atom. The zero-order valence-corrected chi connectivity index (χ0v) is 12.1. The van der Waals surface area contributed by atoms with E-state index >= 15 is 0 Å². The van der Waals surface area contributed by atoms with Crippen molar-refractivity contribution in [3.63, 3.8) is 0 Å². The first-order valence-corrected chi connectivity index (χ1v) is 7.57. The van der Waals surface area contributed by atoms with Crippen LogP contribution in [0.3, 0.4) is 0 Å². The van der Waals surface area contributed by atoms with Crippen LogP contribution in [0, 0.1) is 0 Å². The van der Waals surface area contributed by atoms with Crippen LogP contribution in [0.4, 0.5) is 0 Å². The maximum atomic E-state index is 11.8. The normalized spacial score (nSPS) is 10.7. The van der Waals surface area contributed by atoms with E-state index < -0.39 is 0 Å². The second-order valence-corrected chi connectivity index (χ2v) is 5.48. The molecule has 106 valence electrons. The van der Waals surface area contributed by atoms with Crippen molar-refractivity contribution in [3.05, 3.63) is 60.6 Å². The van der Waals surface area contributed by atoms with E-state index in [0.29, 0.717) is 12.3 Å². The number of carbonyl (C=O) groups is 1. The monoisotopic (exact) mass is 298 g/mol. The van der Waals surface area contributed by atoms with Crippen LogP contribution in [0.2, 0.25) is 0 Å². The molecule has 5 heteroatoms. The van der Waals surface area contributed by atoms with Crippen molar-refractivity contribution in [3.8, 4) is 0 Å². The highest BCUT2D eigenvalue weighted by molar-refractivity contribution is 7.99. The first-order valence-electron chi connectivity index (χ1n) is 6.59. The number of amides is 1. The Hall–Kier alpha value is -2.27. The minimum Gasteiger partial charge on any atom is -0.467 e. The van der Waals surface area contributed by atoms with Gasteiger partial charge in [0.1, 0.15) is 5.76 Å². The molecule has 4 nitrogen and oxygen atoms in total. The third kappa shape index (κ3) is 3.64. The van der Waals surface area contributed by atoms with Crippen LogP contribution in [0.1, 0.15) is 5.76 Å². The molecule has 0 atom stereocenters. The fourth-order valence-corrected chi connectivity index (χ4v) is 2.63. The van der Waals surface area contributed by atoms with Gasteiger partial charge in [-0.1, -0.05) is 36.0 Å². The van der Waals surface area contributed by atoms with E-state index in [1.54, 1.807) is 12.3 Å². The lowest BCUT2D eigenvalue weighted by Crippen LogP contribution is -2.24. The van der Waals surface area contributed by atoms with Crippen LogP contribution >= 0.6 is 11.8 Å². The molecule has 0 aliphatic carbocycles. The quantitative estimate of drug-likeness (QED) is 0.735. The zero-order chi connectivity index (χ0) is 14.5. The molecule has 3 aromatic rings. The summed E-state index contributed by atoms with van der Waals surface area (Å²) in [7, 11) is 0. The molecule has 1 aromatic carbocycles. The number of hydrogen-bond acceptors (Lipinski definition) is 4. The highest BCUT2D eigenvalue weighted by atomic mass is 32.2.